The lowest BCUT2D eigenvalue weighted by Crippen LogP contribution is -2.27. The predicted octanol–water partition coefficient (Wildman–Crippen LogP) is 3.71. The Morgan fingerprint density at radius 2 is 2.03 bits per heavy atom. The zero-order valence-electron chi connectivity index (χ0n) is 17.1. The maximum atomic E-state index is 12.8. The zero-order valence-corrected chi connectivity index (χ0v) is 17.9. The predicted molar refractivity (Wildman–Crippen MR) is 120 cm³/mol. The van der Waals surface area contributed by atoms with Crippen molar-refractivity contribution in [2.45, 2.75) is 13.8 Å². The first-order valence-corrected chi connectivity index (χ1v) is 10.4. The van der Waals surface area contributed by atoms with Gasteiger partial charge in [0.2, 0.25) is 5.43 Å². The number of aromatic nitrogens is 3. The van der Waals surface area contributed by atoms with Crippen molar-refractivity contribution in [3.63, 3.8) is 0 Å². The van der Waals surface area contributed by atoms with Crippen molar-refractivity contribution >= 4 is 38.3 Å². The Kier molecular flexibility index (Phi) is 5.65. The molecular formula is C21H17N5O5S. The molecule has 10 nitrogen and oxygen atoms in total. The number of hydrogen-bond donors (Lipinski definition) is 1. The quantitative estimate of drug-likeness (QED) is 0.349. The molecule has 0 aliphatic carbocycles. The highest BCUT2D eigenvalue weighted by molar-refractivity contribution is 7.22. The Morgan fingerprint density at radius 1 is 1.25 bits per heavy atom. The molecule has 2 aromatic heterocycles. The summed E-state index contributed by atoms with van der Waals surface area (Å²) in [4.78, 5) is 40.5. The van der Waals surface area contributed by atoms with Gasteiger partial charge in [-0.15, -0.1) is 0 Å². The summed E-state index contributed by atoms with van der Waals surface area (Å²) in [5, 5.41) is 18.4. The molecule has 0 unspecified atom stereocenters. The Labute approximate surface area is 185 Å². The van der Waals surface area contributed by atoms with Crippen molar-refractivity contribution in [3.05, 3.63) is 80.3 Å². The maximum Gasteiger partial charge on any atom is 0.294 e. The first-order valence-electron chi connectivity index (χ1n) is 9.57. The summed E-state index contributed by atoms with van der Waals surface area (Å²) in [6.07, 6.45) is 0. The van der Waals surface area contributed by atoms with Crippen LogP contribution in [0, 0.1) is 17.0 Å². The molecule has 0 saturated heterocycles. The largest absolute Gasteiger partial charge is 0.494 e. The van der Waals surface area contributed by atoms with Crippen molar-refractivity contribution in [3.8, 4) is 11.4 Å². The number of amides is 1. The second-order valence-electron chi connectivity index (χ2n) is 6.69. The van der Waals surface area contributed by atoms with Gasteiger partial charge in [-0.1, -0.05) is 23.5 Å². The molecule has 0 spiro atoms. The minimum atomic E-state index is -0.758. The SMILES string of the molecule is CCOc1ccc2nc(NC(=O)c3nn(-c4ccccc4[N+](=O)[O-])c(C)cc3=O)sc2c1. The van der Waals surface area contributed by atoms with Gasteiger partial charge in [-0.2, -0.15) is 5.10 Å². The fourth-order valence-electron chi connectivity index (χ4n) is 3.12. The number of nitrogens with zero attached hydrogens (tertiary/aromatic N) is 4. The lowest BCUT2D eigenvalue weighted by atomic mass is 10.2. The van der Waals surface area contributed by atoms with Crippen molar-refractivity contribution in [2.24, 2.45) is 0 Å². The third-order valence-electron chi connectivity index (χ3n) is 4.52. The van der Waals surface area contributed by atoms with E-state index in [0.717, 1.165) is 4.70 Å². The average molecular weight is 451 g/mol. The normalized spacial score (nSPS) is 10.8. The van der Waals surface area contributed by atoms with E-state index in [1.165, 1.54) is 40.3 Å². The number of fused-ring (bicyclic) bond motifs is 1. The van der Waals surface area contributed by atoms with Crippen LogP contribution in [0.15, 0.2) is 53.3 Å². The minimum Gasteiger partial charge on any atom is -0.494 e. The second kappa shape index (κ2) is 8.55. The highest BCUT2D eigenvalue weighted by Gasteiger charge is 2.21. The molecule has 1 amide bonds. The number of benzene rings is 2. The minimum absolute atomic E-state index is 0.146. The Hall–Kier alpha value is -4.12. The molecule has 4 rings (SSSR count). The van der Waals surface area contributed by atoms with E-state index < -0.39 is 22.0 Å². The first kappa shape index (κ1) is 21.1. The number of para-hydroxylation sites is 2. The maximum absolute atomic E-state index is 12.8. The molecule has 0 atom stereocenters. The second-order valence-corrected chi connectivity index (χ2v) is 7.72. The van der Waals surface area contributed by atoms with Gasteiger partial charge in [0, 0.05) is 17.8 Å². The number of thiazole rings is 1. The molecule has 0 fully saturated rings. The molecule has 1 N–H and O–H groups in total. The van der Waals surface area contributed by atoms with Crippen molar-refractivity contribution < 1.29 is 14.5 Å². The van der Waals surface area contributed by atoms with E-state index in [1.807, 2.05) is 13.0 Å². The third-order valence-corrected chi connectivity index (χ3v) is 5.45. The summed E-state index contributed by atoms with van der Waals surface area (Å²) in [7, 11) is 0. The first-order chi connectivity index (χ1) is 15.4. The van der Waals surface area contributed by atoms with E-state index in [0.29, 0.717) is 23.6 Å². The highest BCUT2D eigenvalue weighted by Crippen LogP contribution is 2.29. The number of carbonyl (C=O) groups is 1. The Morgan fingerprint density at radius 3 is 2.78 bits per heavy atom. The molecule has 32 heavy (non-hydrogen) atoms. The van der Waals surface area contributed by atoms with Gasteiger partial charge in [-0.3, -0.25) is 25.0 Å². The fourth-order valence-corrected chi connectivity index (χ4v) is 4.01. The van der Waals surface area contributed by atoms with Gasteiger partial charge >= 0.3 is 0 Å². The van der Waals surface area contributed by atoms with Crippen LogP contribution in [0.1, 0.15) is 23.1 Å². The lowest BCUT2D eigenvalue weighted by Gasteiger charge is -2.11. The van der Waals surface area contributed by atoms with Crippen LogP contribution in [-0.4, -0.2) is 32.2 Å². The van der Waals surface area contributed by atoms with Crippen LogP contribution < -0.4 is 15.5 Å². The number of nitro groups is 1. The topological polar surface area (TPSA) is 129 Å². The Balaban J connectivity index is 1.69. The van der Waals surface area contributed by atoms with E-state index in [4.69, 9.17) is 4.74 Å². The van der Waals surface area contributed by atoms with E-state index >= 15 is 0 Å². The number of aryl methyl sites for hydroxylation is 1. The molecule has 0 aliphatic heterocycles. The van der Waals surface area contributed by atoms with Gasteiger partial charge in [-0.05, 0) is 38.1 Å². The van der Waals surface area contributed by atoms with Crippen LogP contribution in [-0.2, 0) is 0 Å². The van der Waals surface area contributed by atoms with Crippen LogP contribution in [0.5, 0.6) is 5.75 Å². The van der Waals surface area contributed by atoms with Crippen LogP contribution >= 0.6 is 11.3 Å². The van der Waals surface area contributed by atoms with E-state index in [-0.39, 0.29) is 16.5 Å². The van der Waals surface area contributed by atoms with Gasteiger partial charge in [0.25, 0.3) is 11.6 Å². The third kappa shape index (κ3) is 4.05. The van der Waals surface area contributed by atoms with Crippen LogP contribution in [0.25, 0.3) is 15.9 Å². The molecule has 0 radical (unpaired) electrons. The van der Waals surface area contributed by atoms with Gasteiger partial charge in [0.15, 0.2) is 10.8 Å². The standard InChI is InChI=1S/C21H17N5O5S/c1-3-31-13-8-9-14-18(11-13)32-21(22-14)23-20(28)19-17(27)10-12(2)25(24-19)15-6-4-5-7-16(15)26(29)30/h4-11H,3H2,1-2H3,(H,22,23,28). The summed E-state index contributed by atoms with van der Waals surface area (Å²) >= 11 is 1.23. The Bertz CT molecular complexity index is 1410. The molecule has 11 heteroatoms. The number of nitrogens with one attached hydrogen (secondary N) is 1. The zero-order chi connectivity index (χ0) is 22.8. The van der Waals surface area contributed by atoms with E-state index in [1.54, 1.807) is 25.1 Å². The van der Waals surface area contributed by atoms with Crippen LogP contribution in [0.3, 0.4) is 0 Å². The molecule has 2 aromatic carbocycles. The summed E-state index contributed by atoms with van der Waals surface area (Å²) < 4.78 is 7.49. The number of anilines is 1. The van der Waals surface area contributed by atoms with Gasteiger partial charge in [0.05, 0.1) is 21.7 Å². The number of ether oxygens (including phenoxy) is 1. The molecular weight excluding hydrogens is 434 g/mol. The van der Waals surface area contributed by atoms with Crippen LogP contribution in [0.4, 0.5) is 10.8 Å². The monoisotopic (exact) mass is 451 g/mol. The molecule has 0 bridgehead atoms. The summed E-state index contributed by atoms with van der Waals surface area (Å²) in [6.45, 7) is 3.99. The molecule has 0 aliphatic rings. The van der Waals surface area contributed by atoms with Gasteiger partial charge in [0.1, 0.15) is 11.4 Å². The summed E-state index contributed by atoms with van der Waals surface area (Å²) in [6, 6.07) is 12.5. The smallest absolute Gasteiger partial charge is 0.294 e. The van der Waals surface area contributed by atoms with Crippen molar-refractivity contribution in [2.75, 3.05) is 11.9 Å². The molecule has 0 saturated carbocycles. The lowest BCUT2D eigenvalue weighted by molar-refractivity contribution is -0.384. The number of hydrogen-bond acceptors (Lipinski definition) is 8. The summed E-state index contributed by atoms with van der Waals surface area (Å²) in [5.74, 6) is -0.0690. The molecule has 162 valence electrons. The highest BCUT2D eigenvalue weighted by atomic mass is 32.1. The van der Waals surface area contributed by atoms with E-state index in [9.17, 15) is 19.7 Å². The molecule has 2 heterocycles. The fraction of sp³-hybridized carbons (Fsp3) is 0.143. The van der Waals surface area contributed by atoms with Gasteiger partial charge in [-0.25, -0.2) is 9.67 Å². The van der Waals surface area contributed by atoms with E-state index in [2.05, 4.69) is 15.4 Å². The number of carbonyl (C=O) groups excluding carboxylic acids is 1. The van der Waals surface area contributed by atoms with Crippen molar-refractivity contribution in [1.29, 1.82) is 0 Å². The van der Waals surface area contributed by atoms with Crippen molar-refractivity contribution in [1.82, 2.24) is 14.8 Å². The molecule has 4 aromatic rings. The summed E-state index contributed by atoms with van der Waals surface area (Å²) in [5.41, 5.74) is -0.0355. The van der Waals surface area contributed by atoms with Gasteiger partial charge < -0.3 is 4.74 Å². The number of rotatable bonds is 6. The number of nitro benzene ring substituents is 1. The van der Waals surface area contributed by atoms with Crippen LogP contribution in [0.2, 0.25) is 0 Å². The average Bonchev–Trinajstić information content (AvgIpc) is 3.15.